The number of benzene rings is 1. The van der Waals surface area contributed by atoms with Gasteiger partial charge < -0.3 is 4.98 Å². The Balaban J connectivity index is 2.81. The average molecular weight is 212 g/mol. The van der Waals surface area contributed by atoms with Crippen LogP contribution in [0.3, 0.4) is 0 Å². The van der Waals surface area contributed by atoms with Crippen molar-refractivity contribution in [3.8, 4) is 6.07 Å². The van der Waals surface area contributed by atoms with E-state index in [9.17, 15) is 4.79 Å². The van der Waals surface area contributed by atoms with E-state index < -0.39 is 0 Å². The molecule has 1 N–H and O–H groups in total. The van der Waals surface area contributed by atoms with Crippen molar-refractivity contribution in [1.29, 1.82) is 5.26 Å². The molecule has 80 valence electrons. The minimum Gasteiger partial charge on any atom is -0.360 e. The Bertz CT molecular complexity index is 632. The van der Waals surface area contributed by atoms with Crippen molar-refractivity contribution < 1.29 is 0 Å². The first-order valence-electron chi connectivity index (χ1n) is 5.19. The molecule has 0 aliphatic carbocycles. The van der Waals surface area contributed by atoms with Gasteiger partial charge in [0.25, 0.3) is 0 Å². The van der Waals surface area contributed by atoms with E-state index >= 15 is 0 Å². The van der Waals surface area contributed by atoms with Crippen LogP contribution in [-0.2, 0) is 0 Å². The van der Waals surface area contributed by atoms with E-state index in [-0.39, 0.29) is 11.0 Å². The summed E-state index contributed by atoms with van der Waals surface area (Å²) in [6.45, 7) is 4.15. The van der Waals surface area contributed by atoms with Crippen LogP contribution in [0.1, 0.15) is 30.9 Å². The molecule has 1 aromatic carbocycles. The molecule has 2 aromatic rings. The molecule has 0 atom stereocenters. The first-order valence-corrected chi connectivity index (χ1v) is 5.19. The van der Waals surface area contributed by atoms with Gasteiger partial charge in [0.15, 0.2) is 0 Å². The normalized spacial score (nSPS) is 10.6. The first-order chi connectivity index (χ1) is 7.63. The molecular weight excluding hydrogens is 200 g/mol. The zero-order valence-electron chi connectivity index (χ0n) is 9.24. The molecule has 16 heavy (non-hydrogen) atoms. The molecule has 0 aliphatic heterocycles. The predicted octanol–water partition coefficient (Wildman–Crippen LogP) is 2.52. The molecule has 0 amide bonds. The van der Waals surface area contributed by atoms with Gasteiger partial charge in [0.05, 0.1) is 0 Å². The Morgan fingerprint density at radius 1 is 1.38 bits per heavy atom. The van der Waals surface area contributed by atoms with E-state index in [0.717, 1.165) is 11.1 Å². The summed E-state index contributed by atoms with van der Waals surface area (Å²) in [7, 11) is 0. The van der Waals surface area contributed by atoms with Crippen LogP contribution in [0.25, 0.3) is 10.9 Å². The van der Waals surface area contributed by atoms with Crippen LogP contribution in [-0.4, -0.2) is 4.98 Å². The third kappa shape index (κ3) is 1.59. The highest BCUT2D eigenvalue weighted by Crippen LogP contribution is 2.18. The summed E-state index contributed by atoms with van der Waals surface area (Å²) in [5.74, 6) is 0.370. The fraction of sp³-hybridized carbons (Fsp3) is 0.231. The monoisotopic (exact) mass is 212 g/mol. The summed E-state index contributed by atoms with van der Waals surface area (Å²) in [6.07, 6.45) is 1.46. The van der Waals surface area contributed by atoms with E-state index in [1.807, 2.05) is 24.3 Å². The number of aromatic nitrogens is 1. The van der Waals surface area contributed by atoms with Crippen LogP contribution < -0.4 is 5.43 Å². The maximum Gasteiger partial charge on any atom is 0.207 e. The number of hydrogen-bond donors (Lipinski definition) is 1. The number of nitrogens with one attached hydrogen (secondary N) is 1. The van der Waals surface area contributed by atoms with Gasteiger partial charge in [-0.05, 0) is 23.6 Å². The average Bonchev–Trinajstić information content (AvgIpc) is 2.29. The second-order valence-corrected chi connectivity index (χ2v) is 4.10. The largest absolute Gasteiger partial charge is 0.360 e. The van der Waals surface area contributed by atoms with Gasteiger partial charge in [-0.15, -0.1) is 0 Å². The summed E-state index contributed by atoms with van der Waals surface area (Å²) in [4.78, 5) is 14.8. The van der Waals surface area contributed by atoms with Gasteiger partial charge in [-0.3, -0.25) is 4.79 Å². The molecule has 0 fully saturated rings. The molecule has 0 unspecified atom stereocenters. The second-order valence-electron chi connectivity index (χ2n) is 4.10. The van der Waals surface area contributed by atoms with Crippen LogP contribution in [0.15, 0.2) is 29.2 Å². The van der Waals surface area contributed by atoms with Gasteiger partial charge in [0.2, 0.25) is 5.43 Å². The van der Waals surface area contributed by atoms with Crippen LogP contribution in [0.4, 0.5) is 0 Å². The Labute approximate surface area is 93.3 Å². The molecule has 1 aromatic heterocycles. The summed E-state index contributed by atoms with van der Waals surface area (Å²) in [6, 6.07) is 7.63. The van der Waals surface area contributed by atoms with Crippen molar-refractivity contribution in [3.63, 3.8) is 0 Å². The molecule has 0 radical (unpaired) electrons. The molecule has 1 heterocycles. The molecule has 3 nitrogen and oxygen atoms in total. The summed E-state index contributed by atoms with van der Waals surface area (Å²) in [5, 5.41) is 9.37. The Kier molecular flexibility index (Phi) is 2.49. The SMILES string of the molecule is CC(C)c1ccc2[nH]cc(C#N)c(=O)c2c1. The second kappa shape index (κ2) is 3.82. The molecule has 0 saturated carbocycles. The number of rotatable bonds is 1. The van der Waals surface area contributed by atoms with Gasteiger partial charge in [-0.1, -0.05) is 19.9 Å². The number of hydrogen-bond acceptors (Lipinski definition) is 2. The van der Waals surface area contributed by atoms with Crippen molar-refractivity contribution in [2.24, 2.45) is 0 Å². The summed E-state index contributed by atoms with van der Waals surface area (Å²) >= 11 is 0. The predicted molar refractivity (Wildman–Crippen MR) is 63.4 cm³/mol. The van der Waals surface area contributed by atoms with Gasteiger partial charge in [-0.2, -0.15) is 5.26 Å². The lowest BCUT2D eigenvalue weighted by Crippen LogP contribution is -2.07. The van der Waals surface area contributed by atoms with Gasteiger partial charge in [-0.25, -0.2) is 0 Å². The standard InChI is InChI=1S/C13H12N2O/c1-8(2)9-3-4-12-11(5-9)13(16)10(6-14)7-15-12/h3-5,7-8H,1-2H3,(H,15,16). The number of pyridine rings is 1. The van der Waals surface area contributed by atoms with E-state index in [0.29, 0.717) is 11.3 Å². The number of aromatic amines is 1. The Morgan fingerprint density at radius 3 is 2.75 bits per heavy atom. The molecule has 0 aliphatic rings. The topological polar surface area (TPSA) is 56.6 Å². The lowest BCUT2D eigenvalue weighted by molar-refractivity contribution is 0.868. The highest BCUT2D eigenvalue weighted by molar-refractivity contribution is 5.80. The lowest BCUT2D eigenvalue weighted by Gasteiger charge is -2.06. The van der Waals surface area contributed by atoms with Crippen molar-refractivity contribution >= 4 is 10.9 Å². The van der Waals surface area contributed by atoms with E-state index in [1.54, 1.807) is 0 Å². The van der Waals surface area contributed by atoms with Crippen molar-refractivity contribution in [1.82, 2.24) is 4.98 Å². The molecule has 3 heteroatoms. The Morgan fingerprint density at radius 2 is 2.12 bits per heavy atom. The first kappa shape index (κ1) is 10.4. The smallest absolute Gasteiger partial charge is 0.207 e. The number of nitrogens with zero attached hydrogens (tertiary/aromatic N) is 1. The quantitative estimate of drug-likeness (QED) is 0.789. The highest BCUT2D eigenvalue weighted by atomic mass is 16.1. The van der Waals surface area contributed by atoms with Crippen LogP contribution >= 0.6 is 0 Å². The third-order valence-corrected chi connectivity index (χ3v) is 2.69. The van der Waals surface area contributed by atoms with Gasteiger partial charge in [0.1, 0.15) is 11.6 Å². The number of H-pyrrole nitrogens is 1. The van der Waals surface area contributed by atoms with E-state index in [4.69, 9.17) is 5.26 Å². The third-order valence-electron chi connectivity index (χ3n) is 2.69. The molecule has 0 spiro atoms. The minimum atomic E-state index is -0.196. The molecular formula is C13H12N2O. The number of fused-ring (bicyclic) bond motifs is 1. The minimum absolute atomic E-state index is 0.161. The van der Waals surface area contributed by atoms with Crippen molar-refractivity contribution in [2.45, 2.75) is 19.8 Å². The Hall–Kier alpha value is -2.08. The zero-order chi connectivity index (χ0) is 11.7. The lowest BCUT2D eigenvalue weighted by atomic mass is 10.0. The highest BCUT2D eigenvalue weighted by Gasteiger charge is 2.06. The zero-order valence-corrected chi connectivity index (χ0v) is 9.24. The fourth-order valence-electron chi connectivity index (χ4n) is 1.68. The van der Waals surface area contributed by atoms with E-state index in [1.165, 1.54) is 6.20 Å². The number of nitriles is 1. The maximum absolute atomic E-state index is 11.9. The summed E-state index contributed by atoms with van der Waals surface area (Å²) in [5.41, 5.74) is 1.84. The molecule has 0 saturated heterocycles. The van der Waals surface area contributed by atoms with Gasteiger partial charge in [0, 0.05) is 17.1 Å². The van der Waals surface area contributed by atoms with E-state index in [2.05, 4.69) is 18.8 Å². The van der Waals surface area contributed by atoms with Crippen LogP contribution in [0.5, 0.6) is 0 Å². The summed E-state index contributed by atoms with van der Waals surface area (Å²) < 4.78 is 0. The van der Waals surface area contributed by atoms with Crippen molar-refractivity contribution in [2.75, 3.05) is 0 Å². The van der Waals surface area contributed by atoms with Gasteiger partial charge >= 0.3 is 0 Å². The van der Waals surface area contributed by atoms with Crippen LogP contribution in [0.2, 0.25) is 0 Å². The fourth-order valence-corrected chi connectivity index (χ4v) is 1.68. The van der Waals surface area contributed by atoms with Crippen LogP contribution in [0, 0.1) is 11.3 Å². The van der Waals surface area contributed by atoms with Crippen molar-refractivity contribution in [3.05, 3.63) is 45.7 Å². The maximum atomic E-state index is 11.9. The molecule has 2 rings (SSSR count). The molecule has 0 bridgehead atoms.